The number of unbranched alkanes of at least 4 members (excludes halogenated alkanes) is 1. The first-order valence-corrected chi connectivity index (χ1v) is 8.84. The molecule has 1 unspecified atom stereocenters. The first kappa shape index (κ1) is 16.5. The van der Waals surface area contributed by atoms with Crippen LogP contribution in [0, 0.1) is 6.92 Å². The highest BCUT2D eigenvalue weighted by molar-refractivity contribution is 6.18. The molecule has 124 valence electrons. The van der Waals surface area contributed by atoms with Gasteiger partial charge in [0.2, 0.25) is 0 Å². The van der Waals surface area contributed by atoms with Crippen LogP contribution >= 0.6 is 0 Å². The summed E-state index contributed by atoms with van der Waals surface area (Å²) < 4.78 is 0. The predicted octanol–water partition coefficient (Wildman–Crippen LogP) is 6.00. The van der Waals surface area contributed by atoms with Gasteiger partial charge in [-0.1, -0.05) is 69.2 Å². The standard InChI is InChI=1S/C22H25NO/c1-4-5-10-15(2)18-13-9-14-19-21(18)20(16(3)23-19)22(24)17-11-7-6-8-12-17/h6-9,11-15,23H,4-5,10H2,1-3H3. The van der Waals surface area contributed by atoms with Gasteiger partial charge in [0.25, 0.3) is 0 Å². The lowest BCUT2D eigenvalue weighted by atomic mass is 9.89. The number of carbonyl (C=O) groups excluding carboxylic acids is 1. The zero-order valence-corrected chi connectivity index (χ0v) is 14.7. The van der Waals surface area contributed by atoms with Crippen LogP contribution < -0.4 is 0 Å². The summed E-state index contributed by atoms with van der Waals surface area (Å²) in [5, 5.41) is 1.10. The number of hydrogen-bond acceptors (Lipinski definition) is 1. The Hall–Kier alpha value is -2.35. The van der Waals surface area contributed by atoms with Crippen LogP contribution in [-0.2, 0) is 0 Å². The van der Waals surface area contributed by atoms with Crippen LogP contribution in [0.3, 0.4) is 0 Å². The quantitative estimate of drug-likeness (QED) is 0.555. The smallest absolute Gasteiger partial charge is 0.195 e. The molecule has 1 aromatic heterocycles. The third kappa shape index (κ3) is 3.01. The number of fused-ring (bicyclic) bond motifs is 1. The molecule has 2 heteroatoms. The van der Waals surface area contributed by atoms with Gasteiger partial charge < -0.3 is 4.98 Å². The van der Waals surface area contributed by atoms with Crippen LogP contribution in [-0.4, -0.2) is 10.8 Å². The van der Waals surface area contributed by atoms with Gasteiger partial charge in [0.05, 0.1) is 5.56 Å². The number of benzene rings is 2. The molecule has 0 aliphatic rings. The first-order chi connectivity index (χ1) is 11.6. The van der Waals surface area contributed by atoms with Crippen molar-refractivity contribution in [1.29, 1.82) is 0 Å². The predicted molar refractivity (Wildman–Crippen MR) is 101 cm³/mol. The maximum absolute atomic E-state index is 13.1. The largest absolute Gasteiger partial charge is 0.358 e. The molecule has 1 N–H and O–H groups in total. The summed E-state index contributed by atoms with van der Waals surface area (Å²) in [6, 6.07) is 15.9. The van der Waals surface area contributed by atoms with E-state index in [0.29, 0.717) is 5.92 Å². The fourth-order valence-corrected chi connectivity index (χ4v) is 3.50. The third-order valence-electron chi connectivity index (χ3n) is 4.83. The van der Waals surface area contributed by atoms with Gasteiger partial charge in [-0.2, -0.15) is 0 Å². The number of aryl methyl sites for hydroxylation is 1. The molecule has 0 bridgehead atoms. The Labute approximate surface area is 143 Å². The molecule has 2 aromatic carbocycles. The molecule has 24 heavy (non-hydrogen) atoms. The number of carbonyl (C=O) groups is 1. The van der Waals surface area contributed by atoms with Crippen molar-refractivity contribution in [3.8, 4) is 0 Å². The highest BCUT2D eigenvalue weighted by Crippen LogP contribution is 2.33. The molecule has 3 aromatic rings. The average Bonchev–Trinajstić information content (AvgIpc) is 2.95. The molecular formula is C22H25NO. The Bertz CT molecular complexity index is 845. The second kappa shape index (κ2) is 7.04. The van der Waals surface area contributed by atoms with Crippen molar-refractivity contribution in [2.45, 2.75) is 46.0 Å². The van der Waals surface area contributed by atoms with E-state index in [0.717, 1.165) is 34.1 Å². The van der Waals surface area contributed by atoms with Crippen molar-refractivity contribution in [2.24, 2.45) is 0 Å². The van der Waals surface area contributed by atoms with Gasteiger partial charge in [-0.25, -0.2) is 0 Å². The number of H-pyrrole nitrogens is 1. The van der Waals surface area contributed by atoms with Crippen LogP contribution in [0.1, 0.15) is 66.2 Å². The molecule has 1 heterocycles. The van der Waals surface area contributed by atoms with Crippen LogP contribution in [0.15, 0.2) is 48.5 Å². The first-order valence-electron chi connectivity index (χ1n) is 8.84. The van der Waals surface area contributed by atoms with E-state index in [4.69, 9.17) is 0 Å². The van der Waals surface area contributed by atoms with Gasteiger partial charge in [-0.15, -0.1) is 0 Å². The highest BCUT2D eigenvalue weighted by atomic mass is 16.1. The molecule has 0 saturated carbocycles. The van der Waals surface area contributed by atoms with Crippen molar-refractivity contribution < 1.29 is 4.79 Å². The molecule has 3 rings (SSSR count). The molecule has 0 fully saturated rings. The highest BCUT2D eigenvalue weighted by Gasteiger charge is 2.21. The topological polar surface area (TPSA) is 32.9 Å². The van der Waals surface area contributed by atoms with Gasteiger partial charge >= 0.3 is 0 Å². The number of ketones is 1. The van der Waals surface area contributed by atoms with E-state index in [1.807, 2.05) is 37.3 Å². The van der Waals surface area contributed by atoms with Crippen molar-refractivity contribution in [1.82, 2.24) is 4.98 Å². The number of nitrogens with one attached hydrogen (secondary N) is 1. The molecule has 2 nitrogen and oxygen atoms in total. The summed E-state index contributed by atoms with van der Waals surface area (Å²) in [4.78, 5) is 16.5. The van der Waals surface area contributed by atoms with Gasteiger partial charge in [0, 0.05) is 22.2 Å². The van der Waals surface area contributed by atoms with E-state index in [-0.39, 0.29) is 5.78 Å². The van der Waals surface area contributed by atoms with E-state index in [2.05, 4.69) is 37.0 Å². The van der Waals surface area contributed by atoms with Gasteiger partial charge in [-0.05, 0) is 30.9 Å². The van der Waals surface area contributed by atoms with Crippen molar-refractivity contribution in [3.63, 3.8) is 0 Å². The maximum Gasteiger partial charge on any atom is 0.195 e. The molecule has 1 atom stereocenters. The van der Waals surface area contributed by atoms with Crippen molar-refractivity contribution in [2.75, 3.05) is 0 Å². The van der Waals surface area contributed by atoms with Crippen LogP contribution in [0.2, 0.25) is 0 Å². The third-order valence-corrected chi connectivity index (χ3v) is 4.83. The van der Waals surface area contributed by atoms with Gasteiger partial charge in [0.1, 0.15) is 0 Å². The van der Waals surface area contributed by atoms with Crippen LogP contribution in [0.25, 0.3) is 10.9 Å². The Kier molecular flexibility index (Phi) is 4.84. The number of hydrogen-bond donors (Lipinski definition) is 1. The van der Waals surface area contributed by atoms with E-state index in [1.54, 1.807) is 0 Å². The van der Waals surface area contributed by atoms with Gasteiger partial charge in [-0.3, -0.25) is 4.79 Å². The number of aromatic nitrogens is 1. The molecule has 0 aliphatic heterocycles. The zero-order valence-electron chi connectivity index (χ0n) is 14.7. The Morgan fingerprint density at radius 1 is 1.08 bits per heavy atom. The number of rotatable bonds is 6. The minimum Gasteiger partial charge on any atom is -0.358 e. The van der Waals surface area contributed by atoms with Gasteiger partial charge in [0.15, 0.2) is 5.78 Å². The molecule has 0 spiro atoms. The normalized spacial score (nSPS) is 12.5. The minimum absolute atomic E-state index is 0.106. The Morgan fingerprint density at radius 3 is 2.54 bits per heavy atom. The van der Waals surface area contributed by atoms with E-state index in [1.165, 1.54) is 18.4 Å². The lowest BCUT2D eigenvalue weighted by molar-refractivity contribution is 0.103. The fraction of sp³-hybridized carbons (Fsp3) is 0.318. The van der Waals surface area contributed by atoms with Crippen molar-refractivity contribution >= 4 is 16.7 Å². The lowest BCUT2D eigenvalue weighted by Crippen LogP contribution is -2.04. The van der Waals surface area contributed by atoms with Crippen LogP contribution in [0.5, 0.6) is 0 Å². The van der Waals surface area contributed by atoms with Crippen molar-refractivity contribution in [3.05, 3.63) is 70.9 Å². The summed E-state index contributed by atoms with van der Waals surface area (Å²) in [5.41, 5.74) is 4.87. The van der Waals surface area contributed by atoms with Crippen LogP contribution in [0.4, 0.5) is 0 Å². The maximum atomic E-state index is 13.1. The summed E-state index contributed by atoms with van der Waals surface area (Å²) in [6.07, 6.45) is 3.56. The Balaban J connectivity index is 2.14. The lowest BCUT2D eigenvalue weighted by Gasteiger charge is -2.14. The summed E-state index contributed by atoms with van der Waals surface area (Å²) in [6.45, 7) is 6.48. The van der Waals surface area contributed by atoms with E-state index in [9.17, 15) is 4.79 Å². The molecule has 0 radical (unpaired) electrons. The summed E-state index contributed by atoms with van der Waals surface area (Å²) in [5.74, 6) is 0.556. The fourth-order valence-electron chi connectivity index (χ4n) is 3.50. The second-order valence-electron chi connectivity index (χ2n) is 6.63. The van der Waals surface area contributed by atoms with E-state index >= 15 is 0 Å². The minimum atomic E-state index is 0.106. The summed E-state index contributed by atoms with van der Waals surface area (Å²) in [7, 11) is 0. The average molecular weight is 319 g/mol. The number of aromatic amines is 1. The molecular weight excluding hydrogens is 294 g/mol. The van der Waals surface area contributed by atoms with E-state index < -0.39 is 0 Å². The monoisotopic (exact) mass is 319 g/mol. The molecule has 0 aliphatic carbocycles. The Morgan fingerprint density at radius 2 is 1.83 bits per heavy atom. The molecule has 0 saturated heterocycles. The second-order valence-corrected chi connectivity index (χ2v) is 6.63. The zero-order chi connectivity index (χ0) is 17.1. The SMILES string of the molecule is CCCCC(C)c1cccc2[nH]c(C)c(C(=O)c3ccccc3)c12. The summed E-state index contributed by atoms with van der Waals surface area (Å²) >= 11 is 0. The molecule has 0 amide bonds.